The molecule has 7 nitrogen and oxygen atoms in total. The minimum absolute atomic E-state index is 0.173. The third kappa shape index (κ3) is 4.40. The molecule has 1 saturated heterocycles. The summed E-state index contributed by atoms with van der Waals surface area (Å²) >= 11 is 0. The van der Waals surface area contributed by atoms with Crippen LogP contribution in [0.4, 0.5) is 15.8 Å². The molecule has 166 valence electrons. The molecule has 0 unspecified atom stereocenters. The molecule has 1 amide bonds. The number of halogens is 1. The fourth-order valence-electron chi connectivity index (χ4n) is 3.90. The molecule has 0 spiro atoms. The molecule has 1 aromatic heterocycles. The van der Waals surface area contributed by atoms with Crippen molar-refractivity contribution < 1.29 is 9.18 Å². The Morgan fingerprint density at radius 2 is 1.72 bits per heavy atom. The molecule has 0 radical (unpaired) electrons. The van der Waals surface area contributed by atoms with Gasteiger partial charge in [-0.2, -0.15) is 5.10 Å². The van der Waals surface area contributed by atoms with Crippen LogP contribution in [0.3, 0.4) is 0 Å². The average molecular weight is 436 g/mol. The van der Waals surface area contributed by atoms with Gasteiger partial charge in [-0.05, 0) is 56.8 Å². The summed E-state index contributed by atoms with van der Waals surface area (Å²) in [5, 5.41) is 6.91. The predicted molar refractivity (Wildman–Crippen MR) is 123 cm³/mol. The van der Waals surface area contributed by atoms with Gasteiger partial charge in [0.2, 0.25) is 5.43 Å². The first-order valence-corrected chi connectivity index (χ1v) is 10.5. The molecule has 1 fully saturated rings. The Labute approximate surface area is 186 Å². The van der Waals surface area contributed by atoms with Gasteiger partial charge < -0.3 is 15.1 Å². The minimum atomic E-state index is -0.633. The Bertz CT molecular complexity index is 1220. The Balaban J connectivity index is 1.58. The van der Waals surface area contributed by atoms with E-state index < -0.39 is 17.2 Å². The molecule has 1 aliphatic rings. The summed E-state index contributed by atoms with van der Waals surface area (Å²) < 4.78 is 15.5. The van der Waals surface area contributed by atoms with Crippen LogP contribution in [0.25, 0.3) is 5.69 Å². The van der Waals surface area contributed by atoms with Crippen molar-refractivity contribution in [1.82, 2.24) is 14.7 Å². The highest BCUT2D eigenvalue weighted by Gasteiger charge is 2.19. The van der Waals surface area contributed by atoms with Crippen molar-refractivity contribution in [3.8, 4) is 5.69 Å². The van der Waals surface area contributed by atoms with Crippen molar-refractivity contribution in [3.63, 3.8) is 0 Å². The van der Waals surface area contributed by atoms with Crippen molar-refractivity contribution in [2.45, 2.75) is 13.8 Å². The van der Waals surface area contributed by atoms with Gasteiger partial charge in [0.1, 0.15) is 11.5 Å². The number of para-hydroxylation sites is 1. The maximum Gasteiger partial charge on any atom is 0.280 e. The molecule has 32 heavy (non-hydrogen) atoms. The second-order valence-electron chi connectivity index (χ2n) is 8.11. The van der Waals surface area contributed by atoms with Crippen molar-refractivity contribution in [2.75, 3.05) is 43.4 Å². The van der Waals surface area contributed by atoms with E-state index in [9.17, 15) is 14.0 Å². The van der Waals surface area contributed by atoms with E-state index >= 15 is 0 Å². The molecule has 4 rings (SSSR count). The van der Waals surface area contributed by atoms with Gasteiger partial charge in [-0.15, -0.1) is 0 Å². The van der Waals surface area contributed by atoms with E-state index in [1.165, 1.54) is 16.8 Å². The number of rotatable bonds is 4. The van der Waals surface area contributed by atoms with Crippen LogP contribution in [-0.2, 0) is 0 Å². The molecular formula is C24H26FN5O2. The van der Waals surface area contributed by atoms with Crippen molar-refractivity contribution in [1.29, 1.82) is 0 Å². The first-order chi connectivity index (χ1) is 15.3. The maximum absolute atomic E-state index is 14.2. The van der Waals surface area contributed by atoms with E-state index in [1.807, 2.05) is 25.1 Å². The number of anilines is 2. The first kappa shape index (κ1) is 21.7. The summed E-state index contributed by atoms with van der Waals surface area (Å²) in [5.74, 6) is -1.12. The highest BCUT2D eigenvalue weighted by Crippen LogP contribution is 2.25. The van der Waals surface area contributed by atoms with E-state index in [0.29, 0.717) is 11.4 Å². The quantitative estimate of drug-likeness (QED) is 0.682. The highest BCUT2D eigenvalue weighted by atomic mass is 19.1. The fourth-order valence-corrected chi connectivity index (χ4v) is 3.90. The molecule has 2 heterocycles. The number of hydrogen-bond donors (Lipinski definition) is 1. The van der Waals surface area contributed by atoms with E-state index in [1.54, 1.807) is 25.1 Å². The van der Waals surface area contributed by atoms with Gasteiger partial charge in [0.05, 0.1) is 0 Å². The van der Waals surface area contributed by atoms with E-state index in [2.05, 4.69) is 27.3 Å². The van der Waals surface area contributed by atoms with Gasteiger partial charge >= 0.3 is 0 Å². The molecule has 0 bridgehead atoms. The van der Waals surface area contributed by atoms with E-state index in [0.717, 1.165) is 37.4 Å². The van der Waals surface area contributed by atoms with Crippen molar-refractivity contribution in [3.05, 3.63) is 81.5 Å². The minimum Gasteiger partial charge on any atom is -0.369 e. The van der Waals surface area contributed by atoms with Crippen molar-refractivity contribution >= 4 is 17.3 Å². The number of likely N-dealkylation sites (N-methyl/N-ethyl adjacent to an activating group) is 1. The Morgan fingerprint density at radius 3 is 2.41 bits per heavy atom. The normalized spacial score (nSPS) is 14.4. The molecule has 2 aromatic carbocycles. The van der Waals surface area contributed by atoms with Crippen molar-refractivity contribution in [2.24, 2.45) is 0 Å². The molecule has 1 aliphatic heterocycles. The Kier molecular flexibility index (Phi) is 6.05. The Morgan fingerprint density at radius 1 is 1.00 bits per heavy atom. The van der Waals surface area contributed by atoms with Gasteiger partial charge in [-0.1, -0.05) is 12.1 Å². The number of carbonyl (C=O) groups is 1. The van der Waals surface area contributed by atoms with Gasteiger partial charge in [-0.3, -0.25) is 9.59 Å². The number of nitrogens with zero attached hydrogens (tertiary/aromatic N) is 4. The summed E-state index contributed by atoms with van der Waals surface area (Å²) in [4.78, 5) is 29.9. The topological polar surface area (TPSA) is 70.5 Å². The SMILES string of the molecule is Cc1cc(NC(=O)c2nn(-c3ccccc3F)c(C)cc2=O)ccc1N1CCN(C)CC1. The summed E-state index contributed by atoms with van der Waals surface area (Å²) in [6.45, 7) is 7.55. The van der Waals surface area contributed by atoms with Crippen LogP contribution in [-0.4, -0.2) is 53.8 Å². The molecule has 0 atom stereocenters. The lowest BCUT2D eigenvalue weighted by atomic mass is 10.1. The summed E-state index contributed by atoms with van der Waals surface area (Å²) in [7, 11) is 2.11. The van der Waals surface area contributed by atoms with Gasteiger partial charge in [-0.25, -0.2) is 9.07 Å². The number of aryl methyl sites for hydroxylation is 2. The maximum atomic E-state index is 14.2. The number of piperazine rings is 1. The smallest absolute Gasteiger partial charge is 0.280 e. The van der Waals surface area contributed by atoms with Crippen LogP contribution in [0.2, 0.25) is 0 Å². The van der Waals surface area contributed by atoms with E-state index in [-0.39, 0.29) is 11.4 Å². The lowest BCUT2D eigenvalue weighted by Gasteiger charge is -2.35. The van der Waals surface area contributed by atoms with Crippen LogP contribution in [0.1, 0.15) is 21.7 Å². The van der Waals surface area contributed by atoms with Gasteiger partial charge in [0.25, 0.3) is 5.91 Å². The highest BCUT2D eigenvalue weighted by molar-refractivity contribution is 6.02. The van der Waals surface area contributed by atoms with Crippen LogP contribution in [0.15, 0.2) is 53.3 Å². The van der Waals surface area contributed by atoms with Gasteiger partial charge in [0, 0.05) is 49.3 Å². The summed E-state index contributed by atoms with van der Waals surface area (Å²) in [5.41, 5.74) is 2.54. The van der Waals surface area contributed by atoms with Crippen LogP contribution < -0.4 is 15.6 Å². The number of hydrogen-bond acceptors (Lipinski definition) is 5. The Hall–Kier alpha value is -3.52. The number of aromatic nitrogens is 2. The zero-order valence-corrected chi connectivity index (χ0v) is 18.4. The second-order valence-corrected chi connectivity index (χ2v) is 8.11. The third-order valence-corrected chi connectivity index (χ3v) is 5.70. The number of nitrogens with one attached hydrogen (secondary N) is 1. The summed E-state index contributed by atoms with van der Waals surface area (Å²) in [6.07, 6.45) is 0. The average Bonchev–Trinajstić information content (AvgIpc) is 2.75. The monoisotopic (exact) mass is 435 g/mol. The number of amides is 1. The second kappa shape index (κ2) is 8.92. The van der Waals surface area contributed by atoms with Crippen LogP contribution in [0, 0.1) is 19.7 Å². The van der Waals surface area contributed by atoms with Gasteiger partial charge in [0.15, 0.2) is 5.69 Å². The predicted octanol–water partition coefficient (Wildman–Crippen LogP) is 2.99. The lowest BCUT2D eigenvalue weighted by Crippen LogP contribution is -2.44. The zero-order valence-electron chi connectivity index (χ0n) is 18.4. The first-order valence-electron chi connectivity index (χ1n) is 10.5. The fraction of sp³-hybridized carbons (Fsp3) is 0.292. The largest absolute Gasteiger partial charge is 0.369 e. The molecule has 0 aliphatic carbocycles. The molecule has 1 N–H and O–H groups in total. The lowest BCUT2D eigenvalue weighted by molar-refractivity contribution is 0.101. The zero-order chi connectivity index (χ0) is 22.8. The molecule has 8 heteroatoms. The molecular weight excluding hydrogens is 409 g/mol. The number of benzene rings is 2. The molecule has 3 aromatic rings. The van der Waals surface area contributed by atoms with Crippen LogP contribution >= 0.6 is 0 Å². The molecule has 0 saturated carbocycles. The number of carbonyl (C=O) groups excluding carboxylic acids is 1. The third-order valence-electron chi connectivity index (χ3n) is 5.70. The standard InChI is InChI=1S/C24H26FN5O2/c1-16-14-18(8-9-20(16)29-12-10-28(3)11-13-29)26-24(32)23-22(31)15-17(2)30(27-23)21-7-5-4-6-19(21)25/h4-9,14-15H,10-13H2,1-3H3,(H,26,32). The summed E-state index contributed by atoms with van der Waals surface area (Å²) in [6, 6.07) is 13.1. The van der Waals surface area contributed by atoms with E-state index in [4.69, 9.17) is 0 Å². The van der Waals surface area contributed by atoms with Crippen LogP contribution in [0.5, 0.6) is 0 Å².